The van der Waals surface area contributed by atoms with Gasteiger partial charge in [-0.3, -0.25) is 4.79 Å². The molecule has 0 aliphatic carbocycles. The van der Waals surface area contributed by atoms with E-state index in [1.54, 1.807) is 6.07 Å². The van der Waals surface area contributed by atoms with Gasteiger partial charge in [0.1, 0.15) is 0 Å². The van der Waals surface area contributed by atoms with Crippen molar-refractivity contribution in [3.63, 3.8) is 0 Å². The predicted octanol–water partition coefficient (Wildman–Crippen LogP) is 3.39. The van der Waals surface area contributed by atoms with Gasteiger partial charge in [-0.1, -0.05) is 29.8 Å². The van der Waals surface area contributed by atoms with E-state index in [2.05, 4.69) is 46.1 Å². The predicted molar refractivity (Wildman–Crippen MR) is 120 cm³/mol. The van der Waals surface area contributed by atoms with E-state index in [1.807, 2.05) is 19.9 Å². The van der Waals surface area contributed by atoms with Crippen molar-refractivity contribution in [3.05, 3.63) is 59.0 Å². The van der Waals surface area contributed by atoms with Crippen LogP contribution in [0.2, 0.25) is 0 Å². The zero-order valence-corrected chi connectivity index (χ0v) is 18.5. The Morgan fingerprint density at radius 1 is 1.11 bits per heavy atom. The summed E-state index contributed by atoms with van der Waals surface area (Å²) in [6.07, 6.45) is 2.32. The number of nitrogens with zero attached hydrogens (tertiary/aromatic N) is 1. The van der Waals surface area contributed by atoms with Crippen LogP contribution < -0.4 is 16.0 Å². The fourth-order valence-electron chi connectivity index (χ4n) is 2.51. The average molecular weight is 484 g/mol. The molecule has 0 saturated heterocycles. The first kappa shape index (κ1) is 23.0. The van der Waals surface area contributed by atoms with E-state index < -0.39 is 0 Å². The van der Waals surface area contributed by atoms with E-state index in [9.17, 15) is 4.79 Å². The number of nitrogens with one attached hydrogen (secondary N) is 3. The molecule has 6 nitrogen and oxygen atoms in total. The van der Waals surface area contributed by atoms with Crippen LogP contribution in [0.5, 0.6) is 0 Å². The first-order chi connectivity index (χ1) is 12.6. The third-order valence-corrected chi connectivity index (χ3v) is 3.85. The van der Waals surface area contributed by atoms with Gasteiger partial charge in [0.05, 0.1) is 12.8 Å². The number of furan rings is 1. The Balaban J connectivity index is 0.00000364. The molecule has 0 bridgehead atoms. The summed E-state index contributed by atoms with van der Waals surface area (Å²) < 4.78 is 5.18. The van der Waals surface area contributed by atoms with E-state index in [1.165, 1.54) is 17.4 Å². The highest BCUT2D eigenvalue weighted by molar-refractivity contribution is 14.0. The highest BCUT2D eigenvalue weighted by atomic mass is 127. The Hall–Kier alpha value is -2.03. The maximum absolute atomic E-state index is 12.0. The molecule has 0 unspecified atom stereocenters. The molecule has 0 spiro atoms. The van der Waals surface area contributed by atoms with Crippen LogP contribution in [0.4, 0.5) is 0 Å². The minimum atomic E-state index is -0.174. The molecule has 7 heteroatoms. The van der Waals surface area contributed by atoms with Gasteiger partial charge in [-0.25, -0.2) is 4.99 Å². The molecule has 0 saturated carbocycles. The number of amides is 1. The minimum Gasteiger partial charge on any atom is -0.459 e. The summed E-state index contributed by atoms with van der Waals surface area (Å²) in [5.74, 6) is 0.987. The third kappa shape index (κ3) is 8.03. The lowest BCUT2D eigenvalue weighted by atomic mass is 10.1. The number of aryl methyl sites for hydroxylation is 2. The second kappa shape index (κ2) is 12.4. The van der Waals surface area contributed by atoms with E-state index in [0.717, 1.165) is 31.0 Å². The molecule has 0 atom stereocenters. The number of aliphatic imine (C=N–C) groups is 1. The Morgan fingerprint density at radius 3 is 2.56 bits per heavy atom. The van der Waals surface area contributed by atoms with Crippen LogP contribution in [-0.4, -0.2) is 31.5 Å². The lowest BCUT2D eigenvalue weighted by Crippen LogP contribution is -2.38. The molecule has 0 radical (unpaired) electrons. The standard InChI is InChI=1S/C20H28N4O2.HI/c1-4-21-20(24-14-17-8-5-7-15(2)13-17)23-11-6-10-22-19(25)18-16(3)9-12-26-18;/h5,7-9,12-13H,4,6,10-11,14H2,1-3H3,(H,22,25)(H2,21,23,24);1H. The molecule has 1 amide bonds. The fraction of sp³-hybridized carbons (Fsp3) is 0.400. The Bertz CT molecular complexity index is 743. The van der Waals surface area contributed by atoms with Gasteiger partial charge in [0.15, 0.2) is 11.7 Å². The summed E-state index contributed by atoms with van der Waals surface area (Å²) in [6, 6.07) is 10.1. The highest BCUT2D eigenvalue weighted by Crippen LogP contribution is 2.08. The molecule has 1 heterocycles. The van der Waals surface area contributed by atoms with Gasteiger partial charge in [-0.15, -0.1) is 24.0 Å². The quantitative estimate of drug-likeness (QED) is 0.232. The lowest BCUT2D eigenvalue weighted by Gasteiger charge is -2.11. The molecule has 0 aliphatic heterocycles. The maximum atomic E-state index is 12.0. The molecule has 3 N–H and O–H groups in total. The average Bonchev–Trinajstić information content (AvgIpc) is 3.05. The number of hydrogen-bond acceptors (Lipinski definition) is 3. The van der Waals surface area contributed by atoms with Crippen LogP contribution in [0.15, 0.2) is 46.0 Å². The molecule has 148 valence electrons. The van der Waals surface area contributed by atoms with Crippen LogP contribution in [0.25, 0.3) is 0 Å². The van der Waals surface area contributed by atoms with E-state index in [-0.39, 0.29) is 29.9 Å². The van der Waals surface area contributed by atoms with Crippen LogP contribution in [0.3, 0.4) is 0 Å². The van der Waals surface area contributed by atoms with E-state index in [0.29, 0.717) is 18.8 Å². The van der Waals surface area contributed by atoms with Crippen LogP contribution in [0.1, 0.15) is 40.6 Å². The number of rotatable bonds is 8. The molecule has 2 aromatic rings. The summed E-state index contributed by atoms with van der Waals surface area (Å²) in [5, 5.41) is 9.39. The van der Waals surface area contributed by atoms with Crippen molar-refractivity contribution in [3.8, 4) is 0 Å². The number of benzene rings is 1. The van der Waals surface area contributed by atoms with Crippen molar-refractivity contribution in [2.75, 3.05) is 19.6 Å². The van der Waals surface area contributed by atoms with Crippen molar-refractivity contribution in [2.24, 2.45) is 4.99 Å². The van der Waals surface area contributed by atoms with Crippen LogP contribution in [0, 0.1) is 13.8 Å². The number of halogens is 1. The van der Waals surface area contributed by atoms with Crippen LogP contribution in [-0.2, 0) is 6.54 Å². The smallest absolute Gasteiger partial charge is 0.287 e. The summed E-state index contributed by atoms with van der Waals surface area (Å²) in [4.78, 5) is 16.6. The van der Waals surface area contributed by atoms with Gasteiger partial charge in [0.2, 0.25) is 0 Å². The normalized spacial score (nSPS) is 10.9. The summed E-state index contributed by atoms with van der Waals surface area (Å²) in [7, 11) is 0. The van der Waals surface area contributed by atoms with Crippen molar-refractivity contribution >= 4 is 35.8 Å². The summed E-state index contributed by atoms with van der Waals surface area (Å²) in [6.45, 7) is 8.69. The van der Waals surface area contributed by atoms with E-state index >= 15 is 0 Å². The molecule has 27 heavy (non-hydrogen) atoms. The monoisotopic (exact) mass is 484 g/mol. The highest BCUT2D eigenvalue weighted by Gasteiger charge is 2.11. The Morgan fingerprint density at radius 2 is 1.89 bits per heavy atom. The molecule has 2 rings (SSSR count). The Kier molecular flexibility index (Phi) is 10.5. The molecule has 0 fully saturated rings. The number of guanidine groups is 1. The number of carbonyl (C=O) groups is 1. The summed E-state index contributed by atoms with van der Waals surface area (Å²) >= 11 is 0. The van der Waals surface area contributed by atoms with Gasteiger partial charge >= 0.3 is 0 Å². The zero-order chi connectivity index (χ0) is 18.8. The number of hydrogen-bond donors (Lipinski definition) is 3. The van der Waals surface area contributed by atoms with Crippen molar-refractivity contribution in [2.45, 2.75) is 33.7 Å². The Labute approximate surface area is 178 Å². The SMILES string of the molecule is CCNC(=NCc1cccc(C)c1)NCCCNC(=O)c1occc1C.I. The first-order valence-electron chi connectivity index (χ1n) is 9.00. The fourth-order valence-corrected chi connectivity index (χ4v) is 2.51. The van der Waals surface area contributed by atoms with Gasteiger partial charge in [-0.05, 0) is 38.8 Å². The first-order valence-corrected chi connectivity index (χ1v) is 9.00. The van der Waals surface area contributed by atoms with Crippen molar-refractivity contribution in [1.29, 1.82) is 0 Å². The molecular weight excluding hydrogens is 455 g/mol. The minimum absolute atomic E-state index is 0. The lowest BCUT2D eigenvalue weighted by molar-refractivity contribution is 0.0925. The topological polar surface area (TPSA) is 78.7 Å². The molecular formula is C20H29IN4O2. The van der Waals surface area contributed by atoms with Gasteiger partial charge in [-0.2, -0.15) is 0 Å². The van der Waals surface area contributed by atoms with Crippen LogP contribution >= 0.6 is 24.0 Å². The largest absolute Gasteiger partial charge is 0.459 e. The zero-order valence-electron chi connectivity index (χ0n) is 16.2. The third-order valence-electron chi connectivity index (χ3n) is 3.85. The van der Waals surface area contributed by atoms with Gasteiger partial charge in [0.25, 0.3) is 5.91 Å². The second-order valence-corrected chi connectivity index (χ2v) is 6.15. The molecule has 0 aliphatic rings. The maximum Gasteiger partial charge on any atom is 0.287 e. The molecule has 1 aromatic carbocycles. The summed E-state index contributed by atoms with van der Waals surface area (Å²) in [5.41, 5.74) is 3.26. The van der Waals surface area contributed by atoms with Gasteiger partial charge < -0.3 is 20.4 Å². The van der Waals surface area contributed by atoms with E-state index in [4.69, 9.17) is 4.42 Å². The van der Waals surface area contributed by atoms with Crippen molar-refractivity contribution < 1.29 is 9.21 Å². The second-order valence-electron chi connectivity index (χ2n) is 6.15. The van der Waals surface area contributed by atoms with Gasteiger partial charge in [0, 0.05) is 25.2 Å². The molecule has 1 aromatic heterocycles. The number of carbonyl (C=O) groups excluding carboxylic acids is 1. The van der Waals surface area contributed by atoms with Crippen molar-refractivity contribution in [1.82, 2.24) is 16.0 Å².